The molecule has 3 nitrogen and oxygen atoms in total. The highest BCUT2D eigenvalue weighted by molar-refractivity contribution is 5.53. The molecule has 0 heterocycles. The van der Waals surface area contributed by atoms with E-state index in [1.807, 2.05) is 33.1 Å². The van der Waals surface area contributed by atoms with E-state index in [9.17, 15) is 0 Å². The summed E-state index contributed by atoms with van der Waals surface area (Å²) in [7, 11) is 7.65. The van der Waals surface area contributed by atoms with Gasteiger partial charge in [0.1, 0.15) is 6.34 Å². The fraction of sp³-hybridized carbons (Fsp3) is 0.800. The first-order chi connectivity index (χ1) is 3.63. The maximum absolute atomic E-state index is 3.96. The minimum Gasteiger partial charge on any atom is -0.367 e. The SMILES string of the molecule is CN(C)/C=N/N(C)C. The van der Waals surface area contributed by atoms with E-state index in [-0.39, 0.29) is 0 Å². The maximum Gasteiger partial charge on any atom is 0.110 e. The maximum atomic E-state index is 3.96. The smallest absolute Gasteiger partial charge is 0.110 e. The Labute approximate surface area is 50.6 Å². The molecule has 0 aliphatic carbocycles. The molecule has 0 aliphatic heterocycles. The molecule has 0 fully saturated rings. The predicted octanol–water partition coefficient (Wildman–Crippen LogP) is 0.0529. The lowest BCUT2D eigenvalue weighted by atomic mass is 10.9. The molecule has 0 spiro atoms. The van der Waals surface area contributed by atoms with E-state index in [2.05, 4.69) is 5.10 Å². The number of rotatable bonds is 2. The second-order valence-electron chi connectivity index (χ2n) is 2.04. The molecule has 0 rings (SSSR count). The molecular weight excluding hydrogens is 102 g/mol. The Bertz CT molecular complexity index is 65.7. The van der Waals surface area contributed by atoms with Crippen molar-refractivity contribution < 1.29 is 0 Å². The Morgan fingerprint density at radius 2 is 1.62 bits per heavy atom. The molecule has 0 atom stereocenters. The molecule has 0 aliphatic rings. The Balaban J connectivity index is 3.34. The molecule has 0 aromatic rings. The van der Waals surface area contributed by atoms with Crippen molar-refractivity contribution in [2.75, 3.05) is 28.2 Å². The molecule has 0 aromatic heterocycles. The summed E-state index contributed by atoms with van der Waals surface area (Å²) in [5.41, 5.74) is 0. The van der Waals surface area contributed by atoms with E-state index in [1.54, 1.807) is 11.3 Å². The van der Waals surface area contributed by atoms with Crippen molar-refractivity contribution in [2.24, 2.45) is 5.10 Å². The summed E-state index contributed by atoms with van der Waals surface area (Å²) in [6.45, 7) is 0. The normalized spacial score (nSPS) is 10.0. The molecule has 0 saturated carbocycles. The van der Waals surface area contributed by atoms with Crippen molar-refractivity contribution in [1.29, 1.82) is 0 Å². The van der Waals surface area contributed by atoms with Gasteiger partial charge < -0.3 is 9.91 Å². The second-order valence-corrected chi connectivity index (χ2v) is 2.04. The van der Waals surface area contributed by atoms with Gasteiger partial charge >= 0.3 is 0 Å². The lowest BCUT2D eigenvalue weighted by Crippen LogP contribution is -2.12. The van der Waals surface area contributed by atoms with Gasteiger partial charge in [0, 0.05) is 28.2 Å². The van der Waals surface area contributed by atoms with Gasteiger partial charge in [-0.05, 0) is 0 Å². The molecule has 0 bridgehead atoms. The van der Waals surface area contributed by atoms with Crippen molar-refractivity contribution in [3.63, 3.8) is 0 Å². The molecule has 0 radical (unpaired) electrons. The average molecular weight is 115 g/mol. The topological polar surface area (TPSA) is 18.8 Å². The van der Waals surface area contributed by atoms with E-state index >= 15 is 0 Å². The molecule has 0 unspecified atom stereocenters. The summed E-state index contributed by atoms with van der Waals surface area (Å²) in [6.07, 6.45) is 1.75. The highest BCUT2D eigenvalue weighted by atomic mass is 15.4. The van der Waals surface area contributed by atoms with Crippen LogP contribution >= 0.6 is 0 Å². The van der Waals surface area contributed by atoms with Gasteiger partial charge in [-0.1, -0.05) is 0 Å². The molecular formula is C5H13N3. The van der Waals surface area contributed by atoms with Crippen LogP contribution < -0.4 is 0 Å². The number of hydrogen-bond donors (Lipinski definition) is 0. The quantitative estimate of drug-likeness (QED) is 0.288. The van der Waals surface area contributed by atoms with Crippen LogP contribution in [0.15, 0.2) is 5.10 Å². The second kappa shape index (κ2) is 3.29. The van der Waals surface area contributed by atoms with Crippen molar-refractivity contribution in [3.8, 4) is 0 Å². The molecule has 0 N–H and O–H groups in total. The molecule has 0 amide bonds. The van der Waals surface area contributed by atoms with E-state index in [0.29, 0.717) is 0 Å². The minimum atomic E-state index is 1.75. The van der Waals surface area contributed by atoms with Gasteiger partial charge in [-0.2, -0.15) is 5.10 Å². The van der Waals surface area contributed by atoms with Crippen LogP contribution in [-0.2, 0) is 0 Å². The Kier molecular flexibility index (Phi) is 2.99. The molecule has 48 valence electrons. The van der Waals surface area contributed by atoms with Crippen LogP contribution in [0.25, 0.3) is 0 Å². The highest BCUT2D eigenvalue weighted by Crippen LogP contribution is 1.72. The zero-order valence-electron chi connectivity index (χ0n) is 5.92. The van der Waals surface area contributed by atoms with E-state index < -0.39 is 0 Å². The fourth-order valence-corrected chi connectivity index (χ4v) is 0.207. The first-order valence-electron chi connectivity index (χ1n) is 2.51. The first-order valence-corrected chi connectivity index (χ1v) is 2.51. The Hall–Kier alpha value is -0.730. The highest BCUT2D eigenvalue weighted by Gasteiger charge is 1.76. The van der Waals surface area contributed by atoms with Crippen LogP contribution in [0.2, 0.25) is 0 Å². The standard InChI is InChI=1S/C5H13N3/c1-7(2)5-6-8(3)4/h5H,1-4H3/b6-5+. The number of nitrogens with zero attached hydrogens (tertiary/aromatic N) is 3. The Morgan fingerprint density at radius 3 is 1.75 bits per heavy atom. The molecule has 8 heavy (non-hydrogen) atoms. The van der Waals surface area contributed by atoms with Crippen molar-refractivity contribution in [1.82, 2.24) is 9.91 Å². The van der Waals surface area contributed by atoms with Crippen LogP contribution in [0, 0.1) is 0 Å². The van der Waals surface area contributed by atoms with Crippen molar-refractivity contribution in [3.05, 3.63) is 0 Å². The fourth-order valence-electron chi connectivity index (χ4n) is 0.207. The third-order valence-corrected chi connectivity index (χ3v) is 0.514. The van der Waals surface area contributed by atoms with Gasteiger partial charge in [-0.25, -0.2) is 0 Å². The summed E-state index contributed by atoms with van der Waals surface area (Å²) < 4.78 is 0. The largest absolute Gasteiger partial charge is 0.367 e. The van der Waals surface area contributed by atoms with Crippen LogP contribution in [0.1, 0.15) is 0 Å². The minimum absolute atomic E-state index is 1.75. The molecule has 0 aromatic carbocycles. The van der Waals surface area contributed by atoms with Gasteiger partial charge in [-0.3, -0.25) is 0 Å². The summed E-state index contributed by atoms with van der Waals surface area (Å²) in [5.74, 6) is 0. The summed E-state index contributed by atoms with van der Waals surface area (Å²) >= 11 is 0. The average Bonchev–Trinajstić information content (AvgIpc) is 1.61. The van der Waals surface area contributed by atoms with Gasteiger partial charge in [0.15, 0.2) is 0 Å². The summed E-state index contributed by atoms with van der Waals surface area (Å²) in [6, 6.07) is 0. The van der Waals surface area contributed by atoms with Crippen LogP contribution in [-0.4, -0.2) is 44.4 Å². The lowest BCUT2D eigenvalue weighted by molar-refractivity contribution is 0.429. The van der Waals surface area contributed by atoms with E-state index in [1.165, 1.54) is 0 Å². The zero-order chi connectivity index (χ0) is 6.57. The third-order valence-electron chi connectivity index (χ3n) is 0.514. The third kappa shape index (κ3) is 5.27. The van der Waals surface area contributed by atoms with E-state index in [0.717, 1.165) is 0 Å². The Morgan fingerprint density at radius 1 is 1.12 bits per heavy atom. The lowest BCUT2D eigenvalue weighted by Gasteiger charge is -2.06. The summed E-state index contributed by atoms with van der Waals surface area (Å²) in [4.78, 5) is 1.89. The van der Waals surface area contributed by atoms with Crippen molar-refractivity contribution >= 4 is 6.34 Å². The summed E-state index contributed by atoms with van der Waals surface area (Å²) in [5, 5.41) is 5.71. The molecule has 0 saturated heterocycles. The molecule has 3 heteroatoms. The van der Waals surface area contributed by atoms with Gasteiger partial charge in [-0.15, -0.1) is 0 Å². The van der Waals surface area contributed by atoms with Crippen LogP contribution in [0.4, 0.5) is 0 Å². The first kappa shape index (κ1) is 7.27. The predicted molar refractivity (Wildman–Crippen MR) is 35.9 cm³/mol. The van der Waals surface area contributed by atoms with Gasteiger partial charge in [0.25, 0.3) is 0 Å². The monoisotopic (exact) mass is 115 g/mol. The van der Waals surface area contributed by atoms with Gasteiger partial charge in [0.05, 0.1) is 0 Å². The zero-order valence-corrected chi connectivity index (χ0v) is 5.92. The van der Waals surface area contributed by atoms with Crippen LogP contribution in [0.3, 0.4) is 0 Å². The van der Waals surface area contributed by atoms with Crippen LogP contribution in [0.5, 0.6) is 0 Å². The van der Waals surface area contributed by atoms with E-state index in [4.69, 9.17) is 0 Å². The van der Waals surface area contributed by atoms with Gasteiger partial charge in [0.2, 0.25) is 0 Å². The van der Waals surface area contributed by atoms with Crippen molar-refractivity contribution in [2.45, 2.75) is 0 Å². The number of hydrogen-bond acceptors (Lipinski definition) is 2. The number of hydrazone groups is 1.